The monoisotopic (exact) mass is 359 g/mol. The molecule has 9 heteroatoms. The lowest BCUT2D eigenvalue weighted by atomic mass is 10.2. The second-order valence-electron chi connectivity index (χ2n) is 5.94. The van der Waals surface area contributed by atoms with Gasteiger partial charge in [-0.05, 0) is 18.2 Å². The number of hydrogen-bond donors (Lipinski definition) is 1. The molecule has 1 N–H and O–H groups in total. The first kappa shape index (κ1) is 16.7. The van der Waals surface area contributed by atoms with Crippen molar-refractivity contribution in [1.29, 1.82) is 5.26 Å². The Kier molecular flexibility index (Phi) is 4.70. The van der Waals surface area contributed by atoms with Crippen LogP contribution in [0, 0.1) is 11.3 Å². The summed E-state index contributed by atoms with van der Waals surface area (Å²) in [6, 6.07) is 11.2. The lowest BCUT2D eigenvalue weighted by Gasteiger charge is -2.35. The van der Waals surface area contributed by atoms with Gasteiger partial charge in [0.15, 0.2) is 5.82 Å². The minimum Gasteiger partial charge on any atom is -0.352 e. The zero-order chi connectivity index (χ0) is 18.5. The van der Waals surface area contributed by atoms with Crippen LogP contribution in [0.4, 0.5) is 23.4 Å². The van der Waals surface area contributed by atoms with E-state index in [2.05, 4.69) is 46.3 Å². The molecule has 27 heavy (non-hydrogen) atoms. The molecule has 1 aromatic carbocycles. The highest BCUT2D eigenvalue weighted by Gasteiger charge is 2.20. The van der Waals surface area contributed by atoms with Gasteiger partial charge in [-0.2, -0.15) is 15.3 Å². The average molecular weight is 359 g/mol. The Bertz CT molecular complexity index is 946. The Hall–Kier alpha value is -3.80. The Labute approximate surface area is 156 Å². The van der Waals surface area contributed by atoms with Crippen molar-refractivity contribution in [3.8, 4) is 6.07 Å². The molecule has 0 unspecified atom stereocenters. The molecule has 0 amide bonds. The van der Waals surface area contributed by atoms with Crippen LogP contribution in [0.15, 0.2) is 48.9 Å². The molecule has 1 fully saturated rings. The van der Waals surface area contributed by atoms with Crippen LogP contribution in [0.1, 0.15) is 5.56 Å². The summed E-state index contributed by atoms with van der Waals surface area (Å²) in [7, 11) is 0. The van der Waals surface area contributed by atoms with Crippen LogP contribution in [0.3, 0.4) is 0 Å². The molecule has 1 saturated heterocycles. The predicted molar refractivity (Wildman–Crippen MR) is 101 cm³/mol. The standard InChI is InChI=1S/C18H17N9/c19-12-14-4-1-2-5-15(14)23-17-24-16(13-22-25-17)26-8-10-27(11-9-26)18-20-6-3-7-21-18/h1-7,13H,8-11H2,(H,23,24,25). The van der Waals surface area contributed by atoms with Crippen LogP contribution in [0.5, 0.6) is 0 Å². The maximum atomic E-state index is 9.20. The Balaban J connectivity index is 1.45. The summed E-state index contributed by atoms with van der Waals surface area (Å²) in [6.07, 6.45) is 5.15. The molecule has 0 saturated carbocycles. The Morgan fingerprint density at radius 3 is 2.48 bits per heavy atom. The number of piperazine rings is 1. The zero-order valence-corrected chi connectivity index (χ0v) is 14.5. The number of nitrogens with zero attached hydrogens (tertiary/aromatic N) is 8. The third-order valence-electron chi connectivity index (χ3n) is 4.28. The van der Waals surface area contributed by atoms with Gasteiger partial charge >= 0.3 is 0 Å². The van der Waals surface area contributed by atoms with Crippen molar-refractivity contribution in [2.45, 2.75) is 0 Å². The summed E-state index contributed by atoms with van der Waals surface area (Å²) >= 11 is 0. The highest BCUT2D eigenvalue weighted by atomic mass is 15.4. The van der Waals surface area contributed by atoms with E-state index < -0.39 is 0 Å². The van der Waals surface area contributed by atoms with Crippen LogP contribution in [0.25, 0.3) is 0 Å². The molecule has 1 aliphatic heterocycles. The Morgan fingerprint density at radius 2 is 1.70 bits per heavy atom. The number of rotatable bonds is 4. The molecule has 0 atom stereocenters. The zero-order valence-electron chi connectivity index (χ0n) is 14.5. The van der Waals surface area contributed by atoms with E-state index >= 15 is 0 Å². The molecule has 0 radical (unpaired) electrons. The van der Waals surface area contributed by atoms with Crippen molar-refractivity contribution < 1.29 is 0 Å². The first-order chi connectivity index (χ1) is 13.3. The third kappa shape index (κ3) is 3.74. The SMILES string of the molecule is N#Cc1ccccc1Nc1nncc(N2CCN(c3ncccn3)CC2)n1. The van der Waals surface area contributed by atoms with Gasteiger partial charge in [-0.3, -0.25) is 0 Å². The van der Waals surface area contributed by atoms with E-state index in [0.29, 0.717) is 17.2 Å². The summed E-state index contributed by atoms with van der Waals surface area (Å²) in [4.78, 5) is 17.4. The summed E-state index contributed by atoms with van der Waals surface area (Å²) in [5, 5.41) is 20.4. The van der Waals surface area contributed by atoms with E-state index in [1.54, 1.807) is 24.7 Å². The highest BCUT2D eigenvalue weighted by molar-refractivity contribution is 5.63. The summed E-state index contributed by atoms with van der Waals surface area (Å²) < 4.78 is 0. The van der Waals surface area contributed by atoms with Gasteiger partial charge in [-0.15, -0.1) is 5.10 Å². The van der Waals surface area contributed by atoms with E-state index in [4.69, 9.17) is 0 Å². The van der Waals surface area contributed by atoms with Crippen molar-refractivity contribution >= 4 is 23.4 Å². The Morgan fingerprint density at radius 1 is 0.963 bits per heavy atom. The number of para-hydroxylation sites is 1. The van der Waals surface area contributed by atoms with Crippen LogP contribution in [-0.2, 0) is 0 Å². The smallest absolute Gasteiger partial charge is 0.249 e. The van der Waals surface area contributed by atoms with Crippen molar-refractivity contribution in [3.05, 3.63) is 54.5 Å². The van der Waals surface area contributed by atoms with Crippen LogP contribution < -0.4 is 15.1 Å². The number of aromatic nitrogens is 5. The normalized spacial score (nSPS) is 13.9. The number of nitrogens with one attached hydrogen (secondary N) is 1. The van der Waals surface area contributed by atoms with Gasteiger partial charge in [-0.1, -0.05) is 12.1 Å². The summed E-state index contributed by atoms with van der Waals surface area (Å²) in [5.74, 6) is 1.85. The highest BCUT2D eigenvalue weighted by Crippen LogP contribution is 2.20. The van der Waals surface area contributed by atoms with Gasteiger partial charge < -0.3 is 15.1 Å². The van der Waals surface area contributed by atoms with E-state index in [9.17, 15) is 5.26 Å². The molecular weight excluding hydrogens is 342 g/mol. The molecule has 0 aliphatic carbocycles. The second kappa shape index (κ2) is 7.61. The van der Waals surface area contributed by atoms with Gasteiger partial charge in [0.25, 0.3) is 0 Å². The topological polar surface area (TPSA) is 107 Å². The molecule has 9 nitrogen and oxygen atoms in total. The largest absolute Gasteiger partial charge is 0.352 e. The van der Waals surface area contributed by atoms with Crippen LogP contribution in [-0.4, -0.2) is 51.3 Å². The first-order valence-electron chi connectivity index (χ1n) is 8.56. The third-order valence-corrected chi connectivity index (χ3v) is 4.28. The number of hydrogen-bond acceptors (Lipinski definition) is 9. The van der Waals surface area contributed by atoms with Gasteiger partial charge in [-0.25, -0.2) is 9.97 Å². The van der Waals surface area contributed by atoms with Gasteiger partial charge in [0, 0.05) is 38.6 Å². The molecule has 1 aliphatic rings. The molecule has 0 bridgehead atoms. The number of benzene rings is 1. The first-order valence-corrected chi connectivity index (χ1v) is 8.56. The van der Waals surface area contributed by atoms with E-state index in [1.807, 2.05) is 24.3 Å². The van der Waals surface area contributed by atoms with Crippen molar-refractivity contribution in [2.24, 2.45) is 0 Å². The molecule has 3 aromatic rings. The fourth-order valence-electron chi connectivity index (χ4n) is 2.90. The summed E-state index contributed by atoms with van der Waals surface area (Å²) in [5.41, 5.74) is 1.19. The molecule has 3 heterocycles. The molecule has 0 spiro atoms. The number of anilines is 4. The van der Waals surface area contributed by atoms with Gasteiger partial charge in [0.2, 0.25) is 11.9 Å². The average Bonchev–Trinajstić information content (AvgIpc) is 2.75. The molecule has 2 aromatic heterocycles. The molecular formula is C18H17N9. The van der Waals surface area contributed by atoms with E-state index in [1.165, 1.54) is 0 Å². The number of nitriles is 1. The molecule has 134 valence electrons. The lowest BCUT2D eigenvalue weighted by molar-refractivity contribution is 0.632. The minimum atomic E-state index is 0.365. The second-order valence-corrected chi connectivity index (χ2v) is 5.94. The van der Waals surface area contributed by atoms with Crippen molar-refractivity contribution in [2.75, 3.05) is 41.3 Å². The fraction of sp³-hybridized carbons (Fsp3) is 0.222. The van der Waals surface area contributed by atoms with Crippen LogP contribution >= 0.6 is 0 Å². The predicted octanol–water partition coefficient (Wildman–Crippen LogP) is 1.60. The van der Waals surface area contributed by atoms with E-state index in [-0.39, 0.29) is 0 Å². The molecule has 4 rings (SSSR count). The van der Waals surface area contributed by atoms with Crippen LogP contribution in [0.2, 0.25) is 0 Å². The van der Waals surface area contributed by atoms with Crippen molar-refractivity contribution in [3.63, 3.8) is 0 Å². The van der Waals surface area contributed by atoms with E-state index in [0.717, 1.165) is 37.9 Å². The van der Waals surface area contributed by atoms with Gasteiger partial charge in [0.1, 0.15) is 6.07 Å². The quantitative estimate of drug-likeness (QED) is 0.743. The maximum absolute atomic E-state index is 9.20. The minimum absolute atomic E-state index is 0.365. The van der Waals surface area contributed by atoms with Crippen molar-refractivity contribution in [1.82, 2.24) is 25.1 Å². The fourth-order valence-corrected chi connectivity index (χ4v) is 2.90. The maximum Gasteiger partial charge on any atom is 0.249 e. The van der Waals surface area contributed by atoms with Gasteiger partial charge in [0.05, 0.1) is 17.4 Å². The lowest BCUT2D eigenvalue weighted by Crippen LogP contribution is -2.47. The summed E-state index contributed by atoms with van der Waals surface area (Å²) in [6.45, 7) is 3.17.